The molecular formula is C16H28N4O. The molecule has 1 aliphatic carbocycles. The highest BCUT2D eigenvalue weighted by molar-refractivity contribution is 5.36. The van der Waals surface area contributed by atoms with Crippen LogP contribution in [0.3, 0.4) is 0 Å². The van der Waals surface area contributed by atoms with Crippen LogP contribution in [0, 0.1) is 0 Å². The Labute approximate surface area is 127 Å². The van der Waals surface area contributed by atoms with E-state index in [9.17, 15) is 0 Å². The third-order valence-corrected chi connectivity index (χ3v) is 3.72. The summed E-state index contributed by atoms with van der Waals surface area (Å²) in [5.41, 5.74) is 0. The molecule has 118 valence electrons. The molecule has 0 aliphatic heterocycles. The van der Waals surface area contributed by atoms with E-state index in [4.69, 9.17) is 4.74 Å². The summed E-state index contributed by atoms with van der Waals surface area (Å²) in [6, 6.07) is 2.55. The summed E-state index contributed by atoms with van der Waals surface area (Å²) in [6.45, 7) is 5.82. The lowest BCUT2D eigenvalue weighted by molar-refractivity contribution is 0.232. The van der Waals surface area contributed by atoms with Gasteiger partial charge in [0.05, 0.1) is 6.10 Å². The van der Waals surface area contributed by atoms with Gasteiger partial charge < -0.3 is 15.4 Å². The SMILES string of the molecule is CC(C)Oc1cc(NCCNC2CCCCCC2)ncn1. The van der Waals surface area contributed by atoms with Gasteiger partial charge in [-0.05, 0) is 26.7 Å². The Morgan fingerprint density at radius 3 is 2.62 bits per heavy atom. The zero-order valence-electron chi connectivity index (χ0n) is 13.3. The van der Waals surface area contributed by atoms with E-state index in [0.29, 0.717) is 11.9 Å². The van der Waals surface area contributed by atoms with E-state index in [1.807, 2.05) is 19.9 Å². The minimum absolute atomic E-state index is 0.129. The van der Waals surface area contributed by atoms with E-state index in [-0.39, 0.29) is 6.10 Å². The number of rotatable bonds is 7. The molecule has 5 heteroatoms. The lowest BCUT2D eigenvalue weighted by Crippen LogP contribution is -2.32. The largest absolute Gasteiger partial charge is 0.475 e. The predicted molar refractivity (Wildman–Crippen MR) is 85.8 cm³/mol. The Hall–Kier alpha value is -1.36. The first-order valence-electron chi connectivity index (χ1n) is 8.20. The maximum atomic E-state index is 5.56. The zero-order valence-corrected chi connectivity index (χ0v) is 13.3. The quantitative estimate of drug-likeness (QED) is 0.597. The van der Waals surface area contributed by atoms with Crippen molar-refractivity contribution in [2.24, 2.45) is 0 Å². The Kier molecular flexibility index (Phi) is 6.73. The maximum absolute atomic E-state index is 5.56. The molecule has 0 radical (unpaired) electrons. The van der Waals surface area contributed by atoms with E-state index in [0.717, 1.165) is 18.9 Å². The zero-order chi connectivity index (χ0) is 14.9. The van der Waals surface area contributed by atoms with Gasteiger partial charge in [0, 0.05) is 25.2 Å². The first kappa shape index (κ1) is 16.0. The van der Waals surface area contributed by atoms with Crippen molar-refractivity contribution in [3.63, 3.8) is 0 Å². The van der Waals surface area contributed by atoms with Crippen molar-refractivity contribution >= 4 is 5.82 Å². The van der Waals surface area contributed by atoms with Crippen molar-refractivity contribution in [3.8, 4) is 5.88 Å². The fourth-order valence-corrected chi connectivity index (χ4v) is 2.69. The van der Waals surface area contributed by atoms with Gasteiger partial charge in [-0.1, -0.05) is 25.7 Å². The number of nitrogens with one attached hydrogen (secondary N) is 2. The summed E-state index contributed by atoms with van der Waals surface area (Å²) >= 11 is 0. The molecule has 5 nitrogen and oxygen atoms in total. The van der Waals surface area contributed by atoms with E-state index < -0.39 is 0 Å². The highest BCUT2D eigenvalue weighted by Crippen LogP contribution is 2.17. The van der Waals surface area contributed by atoms with Crippen LogP contribution in [0.2, 0.25) is 0 Å². The van der Waals surface area contributed by atoms with Gasteiger partial charge in [0.1, 0.15) is 12.1 Å². The first-order chi connectivity index (χ1) is 10.2. The number of aromatic nitrogens is 2. The summed E-state index contributed by atoms with van der Waals surface area (Å²) in [5, 5.41) is 6.96. The monoisotopic (exact) mass is 292 g/mol. The molecule has 1 aliphatic rings. The second kappa shape index (κ2) is 8.82. The van der Waals surface area contributed by atoms with Crippen molar-refractivity contribution in [3.05, 3.63) is 12.4 Å². The Bertz CT molecular complexity index is 403. The van der Waals surface area contributed by atoms with Crippen molar-refractivity contribution in [1.82, 2.24) is 15.3 Å². The van der Waals surface area contributed by atoms with Crippen LogP contribution < -0.4 is 15.4 Å². The molecule has 0 atom stereocenters. The molecule has 21 heavy (non-hydrogen) atoms. The molecule has 2 rings (SSSR count). The van der Waals surface area contributed by atoms with Crippen LogP contribution in [-0.4, -0.2) is 35.2 Å². The minimum Gasteiger partial charge on any atom is -0.475 e. The van der Waals surface area contributed by atoms with Gasteiger partial charge in [-0.3, -0.25) is 0 Å². The molecule has 0 aromatic carbocycles. The van der Waals surface area contributed by atoms with Crippen molar-refractivity contribution in [2.45, 2.75) is 64.5 Å². The second-order valence-corrected chi connectivity index (χ2v) is 5.98. The molecule has 1 heterocycles. The summed E-state index contributed by atoms with van der Waals surface area (Å²) in [7, 11) is 0. The molecule has 1 fully saturated rings. The third kappa shape index (κ3) is 6.29. The molecule has 0 bridgehead atoms. The molecule has 0 saturated heterocycles. The third-order valence-electron chi connectivity index (χ3n) is 3.72. The molecule has 1 aromatic rings. The summed E-state index contributed by atoms with van der Waals surface area (Å²) < 4.78 is 5.56. The molecule has 1 aromatic heterocycles. The van der Waals surface area contributed by atoms with Crippen molar-refractivity contribution in [2.75, 3.05) is 18.4 Å². The van der Waals surface area contributed by atoms with Crippen LogP contribution in [0.5, 0.6) is 5.88 Å². The normalized spacial score (nSPS) is 16.7. The fourth-order valence-electron chi connectivity index (χ4n) is 2.69. The number of nitrogens with zero attached hydrogens (tertiary/aromatic N) is 2. The van der Waals surface area contributed by atoms with E-state index in [1.165, 1.54) is 38.5 Å². The first-order valence-corrected chi connectivity index (χ1v) is 8.20. The van der Waals surface area contributed by atoms with E-state index in [2.05, 4.69) is 20.6 Å². The Balaban J connectivity index is 1.68. The lowest BCUT2D eigenvalue weighted by Gasteiger charge is -2.16. The van der Waals surface area contributed by atoms with Gasteiger partial charge in [0.25, 0.3) is 0 Å². The molecule has 0 amide bonds. The molecule has 2 N–H and O–H groups in total. The smallest absolute Gasteiger partial charge is 0.218 e. The van der Waals surface area contributed by atoms with Crippen LogP contribution in [0.1, 0.15) is 52.4 Å². The summed E-state index contributed by atoms with van der Waals surface area (Å²) in [6.07, 6.45) is 9.84. The van der Waals surface area contributed by atoms with Gasteiger partial charge in [0.2, 0.25) is 5.88 Å². The lowest BCUT2D eigenvalue weighted by atomic mass is 10.1. The minimum atomic E-state index is 0.129. The van der Waals surface area contributed by atoms with Gasteiger partial charge in [-0.25, -0.2) is 9.97 Å². The topological polar surface area (TPSA) is 59.1 Å². The van der Waals surface area contributed by atoms with Gasteiger partial charge >= 0.3 is 0 Å². The standard InChI is InChI=1S/C16H28N4O/c1-13(2)21-16-11-15(19-12-20-16)18-10-9-17-14-7-5-3-4-6-8-14/h11-14,17H,3-10H2,1-2H3,(H,18,19,20). The van der Waals surface area contributed by atoms with Crippen LogP contribution in [-0.2, 0) is 0 Å². The Morgan fingerprint density at radius 1 is 1.14 bits per heavy atom. The predicted octanol–water partition coefficient (Wildman–Crippen LogP) is 2.99. The van der Waals surface area contributed by atoms with E-state index in [1.54, 1.807) is 6.33 Å². The summed E-state index contributed by atoms with van der Waals surface area (Å²) in [5.74, 6) is 1.45. The number of hydrogen-bond donors (Lipinski definition) is 2. The van der Waals surface area contributed by atoms with Crippen LogP contribution >= 0.6 is 0 Å². The molecular weight excluding hydrogens is 264 g/mol. The van der Waals surface area contributed by atoms with Gasteiger partial charge in [0.15, 0.2) is 0 Å². The van der Waals surface area contributed by atoms with Crippen LogP contribution in [0.15, 0.2) is 12.4 Å². The molecule has 0 spiro atoms. The maximum Gasteiger partial charge on any atom is 0.218 e. The van der Waals surface area contributed by atoms with E-state index >= 15 is 0 Å². The Morgan fingerprint density at radius 2 is 1.90 bits per heavy atom. The number of anilines is 1. The molecule has 0 unspecified atom stereocenters. The number of ether oxygens (including phenoxy) is 1. The van der Waals surface area contributed by atoms with Gasteiger partial charge in [-0.15, -0.1) is 0 Å². The second-order valence-electron chi connectivity index (χ2n) is 5.98. The van der Waals surface area contributed by atoms with Crippen molar-refractivity contribution in [1.29, 1.82) is 0 Å². The van der Waals surface area contributed by atoms with Crippen LogP contribution in [0.4, 0.5) is 5.82 Å². The average Bonchev–Trinajstić information content (AvgIpc) is 2.72. The number of hydrogen-bond acceptors (Lipinski definition) is 5. The van der Waals surface area contributed by atoms with Crippen LogP contribution in [0.25, 0.3) is 0 Å². The van der Waals surface area contributed by atoms with Gasteiger partial charge in [-0.2, -0.15) is 0 Å². The van der Waals surface area contributed by atoms with Crippen molar-refractivity contribution < 1.29 is 4.74 Å². The fraction of sp³-hybridized carbons (Fsp3) is 0.750. The molecule has 1 saturated carbocycles. The summed E-state index contributed by atoms with van der Waals surface area (Å²) in [4.78, 5) is 8.32. The highest BCUT2D eigenvalue weighted by Gasteiger charge is 2.10. The highest BCUT2D eigenvalue weighted by atomic mass is 16.5. The average molecular weight is 292 g/mol.